The van der Waals surface area contributed by atoms with Gasteiger partial charge in [-0.2, -0.15) is 17.8 Å². The molecule has 0 radical (unpaired) electrons. The third-order valence-corrected chi connectivity index (χ3v) is 3.96. The standard InChI is InChI=1S/C15H15ClF3N3O4/c1-7-8(3-6-11(23)26-2)14(25)22(13(7)24)21-10-5-4-9(12(16)20-10)15(17,18)19/h4-5,24-25H,3,6H2,1-2H3,(H,20,21). The molecule has 0 unspecified atom stereocenters. The topological polar surface area (TPSA) is 96.6 Å². The maximum absolute atomic E-state index is 12.7. The summed E-state index contributed by atoms with van der Waals surface area (Å²) in [5.41, 5.74) is 1.91. The monoisotopic (exact) mass is 393 g/mol. The maximum atomic E-state index is 12.7. The van der Waals surface area contributed by atoms with Gasteiger partial charge in [0.15, 0.2) is 0 Å². The predicted octanol–water partition coefficient (Wildman–Crippen LogP) is 3.26. The Balaban J connectivity index is 2.30. The summed E-state index contributed by atoms with van der Waals surface area (Å²) in [5.74, 6) is -1.44. The van der Waals surface area contributed by atoms with E-state index in [-0.39, 0.29) is 35.7 Å². The van der Waals surface area contributed by atoms with Crippen LogP contribution in [0, 0.1) is 6.92 Å². The number of ether oxygens (including phenoxy) is 1. The minimum Gasteiger partial charge on any atom is -0.493 e. The van der Waals surface area contributed by atoms with Crippen LogP contribution >= 0.6 is 11.6 Å². The maximum Gasteiger partial charge on any atom is 0.419 e. The highest BCUT2D eigenvalue weighted by Crippen LogP contribution is 2.36. The number of anilines is 1. The molecular weight excluding hydrogens is 379 g/mol. The Bertz CT molecular complexity index is 837. The van der Waals surface area contributed by atoms with Crippen LogP contribution in [0.15, 0.2) is 12.1 Å². The van der Waals surface area contributed by atoms with Gasteiger partial charge in [-0.15, -0.1) is 0 Å². The molecule has 0 spiro atoms. The van der Waals surface area contributed by atoms with Gasteiger partial charge in [-0.3, -0.25) is 10.2 Å². The van der Waals surface area contributed by atoms with Crippen molar-refractivity contribution >= 4 is 23.4 Å². The van der Waals surface area contributed by atoms with Gasteiger partial charge >= 0.3 is 12.1 Å². The molecule has 2 aromatic rings. The van der Waals surface area contributed by atoms with Crippen LogP contribution in [0.2, 0.25) is 5.15 Å². The Labute approximate surface area is 151 Å². The number of carbonyl (C=O) groups is 1. The number of hydrogen-bond acceptors (Lipinski definition) is 6. The summed E-state index contributed by atoms with van der Waals surface area (Å²) in [5, 5.41) is 19.6. The number of aromatic hydroxyl groups is 2. The van der Waals surface area contributed by atoms with Crippen molar-refractivity contribution in [1.82, 2.24) is 9.66 Å². The average molecular weight is 394 g/mol. The summed E-state index contributed by atoms with van der Waals surface area (Å²) >= 11 is 5.54. The Kier molecular flexibility index (Phi) is 5.55. The number of rotatable bonds is 5. The van der Waals surface area contributed by atoms with E-state index < -0.39 is 28.7 Å². The van der Waals surface area contributed by atoms with Gasteiger partial charge in [0.05, 0.1) is 12.7 Å². The van der Waals surface area contributed by atoms with Gasteiger partial charge in [0.2, 0.25) is 11.8 Å². The molecule has 3 N–H and O–H groups in total. The fourth-order valence-electron chi connectivity index (χ4n) is 2.26. The number of hydrogen-bond donors (Lipinski definition) is 3. The molecule has 26 heavy (non-hydrogen) atoms. The van der Waals surface area contributed by atoms with Crippen molar-refractivity contribution in [2.45, 2.75) is 25.9 Å². The Hall–Kier alpha value is -2.62. The van der Waals surface area contributed by atoms with E-state index in [1.807, 2.05) is 0 Å². The molecule has 142 valence electrons. The second kappa shape index (κ2) is 7.32. The first-order chi connectivity index (χ1) is 12.1. The number of alkyl halides is 3. The third-order valence-electron chi connectivity index (χ3n) is 3.67. The zero-order valence-electron chi connectivity index (χ0n) is 13.7. The Morgan fingerprint density at radius 2 is 2.00 bits per heavy atom. The number of nitrogens with zero attached hydrogens (tertiary/aromatic N) is 2. The lowest BCUT2D eigenvalue weighted by atomic mass is 10.1. The lowest BCUT2D eigenvalue weighted by Crippen LogP contribution is -2.12. The lowest BCUT2D eigenvalue weighted by Gasteiger charge is -2.12. The highest BCUT2D eigenvalue weighted by molar-refractivity contribution is 6.30. The van der Waals surface area contributed by atoms with Crippen LogP contribution in [0.4, 0.5) is 19.0 Å². The molecule has 0 atom stereocenters. The third kappa shape index (κ3) is 3.96. The van der Waals surface area contributed by atoms with Crippen molar-refractivity contribution in [1.29, 1.82) is 0 Å². The van der Waals surface area contributed by atoms with Crippen LogP contribution < -0.4 is 5.43 Å². The van der Waals surface area contributed by atoms with E-state index in [9.17, 15) is 28.2 Å². The number of pyridine rings is 1. The van der Waals surface area contributed by atoms with Crippen LogP contribution in [-0.4, -0.2) is 33.0 Å². The number of esters is 1. The SMILES string of the molecule is COC(=O)CCc1c(C)c(O)n(Nc2ccc(C(F)(F)F)c(Cl)n2)c1O. The van der Waals surface area contributed by atoms with E-state index in [1.54, 1.807) is 0 Å². The molecule has 0 aromatic carbocycles. The summed E-state index contributed by atoms with van der Waals surface area (Å²) in [6.07, 6.45) is -4.59. The van der Waals surface area contributed by atoms with Crippen LogP contribution in [-0.2, 0) is 22.1 Å². The Morgan fingerprint density at radius 1 is 1.35 bits per heavy atom. The number of carbonyl (C=O) groups excluding carboxylic acids is 1. The summed E-state index contributed by atoms with van der Waals surface area (Å²) in [6.45, 7) is 1.51. The van der Waals surface area contributed by atoms with Gasteiger partial charge in [0, 0.05) is 17.5 Å². The molecule has 0 aliphatic heterocycles. The molecular formula is C15H15ClF3N3O4. The second-order valence-corrected chi connectivity index (χ2v) is 5.66. The van der Waals surface area contributed by atoms with E-state index in [1.165, 1.54) is 14.0 Å². The smallest absolute Gasteiger partial charge is 0.419 e. The Morgan fingerprint density at radius 3 is 2.54 bits per heavy atom. The molecule has 0 bridgehead atoms. The molecule has 2 aromatic heterocycles. The summed E-state index contributed by atoms with van der Waals surface area (Å²) in [4.78, 5) is 14.8. The fraction of sp³-hybridized carbons (Fsp3) is 0.333. The zero-order valence-corrected chi connectivity index (χ0v) is 14.4. The van der Waals surface area contributed by atoms with Crippen molar-refractivity contribution in [3.63, 3.8) is 0 Å². The van der Waals surface area contributed by atoms with Crippen LogP contribution in [0.5, 0.6) is 11.8 Å². The number of methoxy groups -OCH3 is 1. The number of halogens is 4. The quantitative estimate of drug-likeness (QED) is 0.533. The largest absolute Gasteiger partial charge is 0.493 e. The first-order valence-corrected chi connectivity index (χ1v) is 7.63. The second-order valence-electron chi connectivity index (χ2n) is 5.31. The normalized spacial score (nSPS) is 11.5. The van der Waals surface area contributed by atoms with Gasteiger partial charge in [0.25, 0.3) is 0 Å². The highest BCUT2D eigenvalue weighted by Gasteiger charge is 2.34. The van der Waals surface area contributed by atoms with E-state index in [4.69, 9.17) is 11.6 Å². The van der Waals surface area contributed by atoms with Crippen LogP contribution in [0.1, 0.15) is 23.1 Å². The van der Waals surface area contributed by atoms with E-state index in [0.29, 0.717) is 0 Å². The van der Waals surface area contributed by atoms with Crippen molar-refractivity contribution < 1.29 is 32.9 Å². The zero-order chi connectivity index (χ0) is 19.6. The minimum absolute atomic E-state index is 0.0291. The molecule has 0 amide bonds. The molecule has 2 rings (SSSR count). The van der Waals surface area contributed by atoms with E-state index in [0.717, 1.165) is 16.8 Å². The number of aromatic nitrogens is 2. The average Bonchev–Trinajstić information content (AvgIpc) is 2.75. The first-order valence-electron chi connectivity index (χ1n) is 7.26. The van der Waals surface area contributed by atoms with Gasteiger partial charge in [0.1, 0.15) is 11.0 Å². The summed E-state index contributed by atoms with van der Waals surface area (Å²) in [6, 6.07) is 1.72. The highest BCUT2D eigenvalue weighted by atomic mass is 35.5. The van der Waals surface area contributed by atoms with Crippen molar-refractivity contribution in [2.24, 2.45) is 0 Å². The van der Waals surface area contributed by atoms with Crippen LogP contribution in [0.25, 0.3) is 0 Å². The lowest BCUT2D eigenvalue weighted by molar-refractivity contribution is -0.140. The molecule has 0 aliphatic rings. The number of nitrogens with one attached hydrogen (secondary N) is 1. The van der Waals surface area contributed by atoms with Crippen molar-refractivity contribution in [3.8, 4) is 11.8 Å². The molecule has 2 heterocycles. The molecule has 0 saturated carbocycles. The molecule has 0 saturated heterocycles. The predicted molar refractivity (Wildman–Crippen MR) is 86.1 cm³/mol. The summed E-state index contributed by atoms with van der Waals surface area (Å²) in [7, 11) is 1.22. The van der Waals surface area contributed by atoms with Gasteiger partial charge in [-0.25, -0.2) is 4.98 Å². The molecule has 11 heteroatoms. The first kappa shape index (κ1) is 19.7. The van der Waals surface area contributed by atoms with E-state index >= 15 is 0 Å². The van der Waals surface area contributed by atoms with Gasteiger partial charge in [-0.1, -0.05) is 11.6 Å². The molecule has 7 nitrogen and oxygen atoms in total. The minimum atomic E-state index is -4.65. The van der Waals surface area contributed by atoms with Crippen molar-refractivity contribution in [3.05, 3.63) is 34.0 Å². The van der Waals surface area contributed by atoms with Crippen molar-refractivity contribution in [2.75, 3.05) is 12.5 Å². The molecule has 0 fully saturated rings. The van der Waals surface area contributed by atoms with Crippen LogP contribution in [0.3, 0.4) is 0 Å². The van der Waals surface area contributed by atoms with E-state index in [2.05, 4.69) is 15.1 Å². The fourth-order valence-corrected chi connectivity index (χ4v) is 2.52. The van der Waals surface area contributed by atoms with Gasteiger partial charge in [-0.05, 0) is 25.5 Å². The molecule has 0 aliphatic carbocycles. The summed E-state index contributed by atoms with van der Waals surface area (Å²) < 4.78 is 43.5. The van der Waals surface area contributed by atoms with Gasteiger partial charge < -0.3 is 14.9 Å².